The molecule has 0 bridgehead atoms. The lowest BCUT2D eigenvalue weighted by atomic mass is 10.1. The van der Waals surface area contributed by atoms with E-state index in [1.165, 1.54) is 6.92 Å². The Labute approximate surface area is 111 Å². The van der Waals surface area contributed by atoms with Crippen LogP contribution >= 0.6 is 0 Å². The molecule has 1 aromatic carbocycles. The van der Waals surface area contributed by atoms with Gasteiger partial charge >= 0.3 is 12.1 Å². The third-order valence-electron chi connectivity index (χ3n) is 2.56. The molecule has 0 spiro atoms. The van der Waals surface area contributed by atoms with Crippen LogP contribution in [-0.4, -0.2) is 17.6 Å². The molecule has 3 nitrogen and oxygen atoms in total. The van der Waals surface area contributed by atoms with Crippen molar-refractivity contribution in [3.8, 4) is 0 Å². The molecule has 106 valence electrons. The van der Waals surface area contributed by atoms with Crippen LogP contribution < -0.4 is 0 Å². The van der Waals surface area contributed by atoms with Gasteiger partial charge in [-0.25, -0.2) is 14.2 Å². The predicted molar refractivity (Wildman–Crippen MR) is 62.7 cm³/mol. The summed E-state index contributed by atoms with van der Waals surface area (Å²) in [6.45, 7) is 1.54. The van der Waals surface area contributed by atoms with Gasteiger partial charge in [-0.3, -0.25) is 0 Å². The fourth-order valence-electron chi connectivity index (χ4n) is 1.74. The zero-order valence-corrected chi connectivity index (χ0v) is 10.3. The third-order valence-corrected chi connectivity index (χ3v) is 2.56. The number of hydrogen-bond donors (Lipinski definition) is 0. The van der Waals surface area contributed by atoms with Crippen molar-refractivity contribution in [1.82, 2.24) is 4.98 Å². The van der Waals surface area contributed by atoms with Crippen molar-refractivity contribution in [2.75, 3.05) is 6.61 Å². The van der Waals surface area contributed by atoms with Gasteiger partial charge in [0.2, 0.25) is 0 Å². The summed E-state index contributed by atoms with van der Waals surface area (Å²) < 4.78 is 56.7. The topological polar surface area (TPSA) is 39.2 Å². The Morgan fingerprint density at radius 1 is 1.30 bits per heavy atom. The van der Waals surface area contributed by atoms with Crippen LogP contribution in [0, 0.1) is 5.82 Å². The third kappa shape index (κ3) is 2.71. The number of rotatable bonds is 2. The van der Waals surface area contributed by atoms with Crippen LogP contribution in [0.5, 0.6) is 0 Å². The maximum Gasteiger partial charge on any atom is 0.417 e. The Bertz CT molecular complexity index is 667. The minimum Gasteiger partial charge on any atom is -0.461 e. The van der Waals surface area contributed by atoms with Gasteiger partial charge in [0.1, 0.15) is 11.5 Å². The maximum atomic E-state index is 13.1. The van der Waals surface area contributed by atoms with E-state index in [0.29, 0.717) is 6.07 Å². The van der Waals surface area contributed by atoms with Crippen molar-refractivity contribution < 1.29 is 27.1 Å². The molecule has 0 aliphatic rings. The van der Waals surface area contributed by atoms with Crippen molar-refractivity contribution in [3.63, 3.8) is 0 Å². The Kier molecular flexibility index (Phi) is 3.61. The molecule has 0 unspecified atom stereocenters. The van der Waals surface area contributed by atoms with E-state index in [1.807, 2.05) is 0 Å². The number of halogens is 4. The Hall–Kier alpha value is -2.18. The SMILES string of the molecule is CCOC(=O)c1cc(C(F)(F)F)c2cc(F)ccc2n1. The molecule has 20 heavy (non-hydrogen) atoms. The quantitative estimate of drug-likeness (QED) is 0.626. The molecule has 0 aliphatic heterocycles. The van der Waals surface area contributed by atoms with Gasteiger partial charge in [0, 0.05) is 5.39 Å². The van der Waals surface area contributed by atoms with Crippen LogP contribution in [0.1, 0.15) is 23.0 Å². The molecule has 0 atom stereocenters. The van der Waals surface area contributed by atoms with Crippen molar-refractivity contribution >= 4 is 16.9 Å². The first kappa shape index (κ1) is 14.2. The van der Waals surface area contributed by atoms with Gasteiger partial charge in [-0.05, 0) is 31.2 Å². The number of aromatic nitrogens is 1. The average molecular weight is 287 g/mol. The first-order valence-corrected chi connectivity index (χ1v) is 5.67. The lowest BCUT2D eigenvalue weighted by Gasteiger charge is -2.12. The van der Waals surface area contributed by atoms with E-state index in [1.54, 1.807) is 0 Å². The maximum absolute atomic E-state index is 13.1. The Balaban J connectivity index is 2.71. The number of benzene rings is 1. The zero-order valence-electron chi connectivity index (χ0n) is 10.3. The summed E-state index contributed by atoms with van der Waals surface area (Å²) in [4.78, 5) is 15.3. The van der Waals surface area contributed by atoms with Gasteiger partial charge in [-0.15, -0.1) is 0 Å². The molecule has 0 radical (unpaired) electrons. The van der Waals surface area contributed by atoms with E-state index in [0.717, 1.165) is 18.2 Å². The number of esters is 1. The first-order valence-electron chi connectivity index (χ1n) is 5.67. The molecule has 1 aromatic heterocycles. The van der Waals surface area contributed by atoms with E-state index in [2.05, 4.69) is 9.72 Å². The smallest absolute Gasteiger partial charge is 0.417 e. The number of pyridine rings is 1. The molecule has 2 aromatic rings. The highest BCUT2D eigenvalue weighted by molar-refractivity contribution is 5.92. The minimum atomic E-state index is -4.73. The fraction of sp³-hybridized carbons (Fsp3) is 0.231. The van der Waals surface area contributed by atoms with Crippen LogP contribution in [0.3, 0.4) is 0 Å². The fourth-order valence-corrected chi connectivity index (χ4v) is 1.74. The summed E-state index contributed by atoms with van der Waals surface area (Å²) in [6, 6.07) is 3.37. The van der Waals surface area contributed by atoms with E-state index in [4.69, 9.17) is 0 Å². The summed E-state index contributed by atoms with van der Waals surface area (Å²) in [7, 11) is 0. The number of alkyl halides is 3. The van der Waals surface area contributed by atoms with Gasteiger partial charge in [-0.1, -0.05) is 0 Å². The van der Waals surface area contributed by atoms with E-state index < -0.39 is 34.6 Å². The average Bonchev–Trinajstić information content (AvgIpc) is 2.36. The lowest BCUT2D eigenvalue weighted by molar-refractivity contribution is -0.136. The highest BCUT2D eigenvalue weighted by Gasteiger charge is 2.34. The molecule has 1 heterocycles. The van der Waals surface area contributed by atoms with Crippen LogP contribution in [0.25, 0.3) is 10.9 Å². The zero-order chi connectivity index (χ0) is 14.9. The van der Waals surface area contributed by atoms with Crippen LogP contribution in [0.2, 0.25) is 0 Å². The summed E-state index contributed by atoms with van der Waals surface area (Å²) >= 11 is 0. The molecule has 0 fully saturated rings. The van der Waals surface area contributed by atoms with Crippen LogP contribution in [0.15, 0.2) is 24.3 Å². The number of carbonyl (C=O) groups is 1. The standard InChI is InChI=1S/C13H9F4NO2/c1-2-20-12(19)11-6-9(13(15,16)17)8-5-7(14)3-4-10(8)18-11/h3-6H,2H2,1H3. The largest absolute Gasteiger partial charge is 0.461 e. The molecule has 7 heteroatoms. The van der Waals surface area contributed by atoms with Gasteiger partial charge in [0.15, 0.2) is 0 Å². The normalized spacial score (nSPS) is 11.7. The first-order chi connectivity index (χ1) is 9.32. The second kappa shape index (κ2) is 5.07. The number of hydrogen-bond acceptors (Lipinski definition) is 3. The van der Waals surface area contributed by atoms with Gasteiger partial charge < -0.3 is 4.74 Å². The van der Waals surface area contributed by atoms with Gasteiger partial charge in [0.05, 0.1) is 17.7 Å². The predicted octanol–water partition coefficient (Wildman–Crippen LogP) is 3.57. The number of ether oxygens (including phenoxy) is 1. The summed E-state index contributed by atoms with van der Waals surface area (Å²) in [5, 5.41) is -0.398. The highest BCUT2D eigenvalue weighted by atomic mass is 19.4. The number of carbonyl (C=O) groups excluding carboxylic acids is 1. The Morgan fingerprint density at radius 3 is 2.60 bits per heavy atom. The Morgan fingerprint density at radius 2 is 2.00 bits per heavy atom. The molecular weight excluding hydrogens is 278 g/mol. The molecule has 0 saturated carbocycles. The molecule has 0 N–H and O–H groups in total. The molecule has 0 aliphatic carbocycles. The van der Waals surface area contributed by atoms with E-state index in [9.17, 15) is 22.4 Å². The molecular formula is C13H9F4NO2. The molecule has 0 saturated heterocycles. The molecule has 2 rings (SSSR count). The summed E-state index contributed by atoms with van der Waals surface area (Å²) in [6.07, 6.45) is -4.73. The van der Waals surface area contributed by atoms with Crippen molar-refractivity contribution in [2.45, 2.75) is 13.1 Å². The van der Waals surface area contributed by atoms with Crippen LogP contribution in [-0.2, 0) is 10.9 Å². The van der Waals surface area contributed by atoms with E-state index >= 15 is 0 Å². The summed E-state index contributed by atoms with van der Waals surface area (Å²) in [5.41, 5.74) is -1.70. The minimum absolute atomic E-state index is 0.0172. The van der Waals surface area contributed by atoms with Crippen molar-refractivity contribution in [1.29, 1.82) is 0 Å². The monoisotopic (exact) mass is 287 g/mol. The number of nitrogens with zero attached hydrogens (tertiary/aromatic N) is 1. The van der Waals surface area contributed by atoms with E-state index in [-0.39, 0.29) is 12.1 Å². The second-order valence-corrected chi connectivity index (χ2v) is 3.93. The lowest BCUT2D eigenvalue weighted by Crippen LogP contribution is -2.12. The molecule has 0 amide bonds. The highest BCUT2D eigenvalue weighted by Crippen LogP contribution is 2.35. The second-order valence-electron chi connectivity index (χ2n) is 3.93. The van der Waals surface area contributed by atoms with Crippen molar-refractivity contribution in [3.05, 3.63) is 41.3 Å². The van der Waals surface area contributed by atoms with Gasteiger partial charge in [0.25, 0.3) is 0 Å². The van der Waals surface area contributed by atoms with Gasteiger partial charge in [-0.2, -0.15) is 13.2 Å². The van der Waals surface area contributed by atoms with Crippen molar-refractivity contribution in [2.24, 2.45) is 0 Å². The summed E-state index contributed by atoms with van der Waals surface area (Å²) in [5.74, 6) is -1.77. The van der Waals surface area contributed by atoms with Crippen LogP contribution in [0.4, 0.5) is 17.6 Å². The number of fused-ring (bicyclic) bond motifs is 1.